The van der Waals surface area contributed by atoms with Crippen molar-refractivity contribution in [3.63, 3.8) is 0 Å². The number of hydrogen-bond acceptors (Lipinski definition) is 5. The van der Waals surface area contributed by atoms with Gasteiger partial charge in [0.05, 0.1) is 10.4 Å². The van der Waals surface area contributed by atoms with E-state index < -0.39 is 27.7 Å². The molecule has 238 valence electrons. The highest BCUT2D eigenvalue weighted by molar-refractivity contribution is 7.89. The molecule has 1 aliphatic rings. The molecule has 0 aliphatic heterocycles. The molecule has 1 fully saturated rings. The van der Waals surface area contributed by atoms with Gasteiger partial charge in [0.1, 0.15) is 11.6 Å². The number of rotatable bonds is 9. The van der Waals surface area contributed by atoms with Gasteiger partial charge in [-0.25, -0.2) is 23.1 Å². The predicted octanol–water partition coefficient (Wildman–Crippen LogP) is 6.19. The Bertz CT molecular complexity index is 1840. The molecule has 1 saturated carbocycles. The third-order valence-corrected chi connectivity index (χ3v) is 9.37. The van der Waals surface area contributed by atoms with Crippen molar-refractivity contribution in [3.05, 3.63) is 120 Å². The molecule has 0 saturated heterocycles. The standard InChI is InChI=1S/C35H36N4O6S/c36-32(38-34(42)45-29-14-5-2-6-15-29)26-11-9-10-24(22-26)23-35(39-33(40)41,27-12-3-1-4-13-27)28-20-18-25(19-21-28)30-16-7-8-17-31(30)46(37,43)44/h2,5-11,14-22,27,39H,1,3-4,12-13,23H2,(H,40,41)(H2,36,38,42)(H2,37,43,44). The van der Waals surface area contributed by atoms with E-state index in [1.54, 1.807) is 78.9 Å². The molecule has 1 atom stereocenters. The number of amidine groups is 1. The lowest BCUT2D eigenvalue weighted by Gasteiger charge is -2.43. The van der Waals surface area contributed by atoms with Gasteiger partial charge in [0.25, 0.3) is 0 Å². The zero-order chi connectivity index (χ0) is 32.7. The van der Waals surface area contributed by atoms with Crippen molar-refractivity contribution in [2.45, 2.75) is 49.0 Å². The topological polar surface area (TPSA) is 174 Å². The van der Waals surface area contributed by atoms with Gasteiger partial charge >= 0.3 is 12.2 Å². The van der Waals surface area contributed by atoms with Gasteiger partial charge in [0.2, 0.25) is 10.0 Å². The Hall–Kier alpha value is -5.00. The highest BCUT2D eigenvalue weighted by atomic mass is 32.2. The summed E-state index contributed by atoms with van der Waals surface area (Å²) in [5.74, 6) is 0.291. The van der Waals surface area contributed by atoms with Crippen LogP contribution in [0, 0.1) is 5.92 Å². The second-order valence-corrected chi connectivity index (χ2v) is 12.9. The highest BCUT2D eigenvalue weighted by Gasteiger charge is 2.42. The van der Waals surface area contributed by atoms with Crippen LogP contribution < -0.4 is 20.9 Å². The molecule has 10 nitrogen and oxygen atoms in total. The lowest BCUT2D eigenvalue weighted by Crippen LogP contribution is -2.53. The largest absolute Gasteiger partial charge is 0.465 e. The van der Waals surface area contributed by atoms with Gasteiger partial charge < -0.3 is 20.9 Å². The minimum absolute atomic E-state index is 0.00803. The monoisotopic (exact) mass is 640 g/mol. The predicted molar refractivity (Wildman–Crippen MR) is 176 cm³/mol. The summed E-state index contributed by atoms with van der Waals surface area (Å²) in [6, 6.07) is 29.5. The summed E-state index contributed by atoms with van der Waals surface area (Å²) in [6.45, 7) is 0. The zero-order valence-corrected chi connectivity index (χ0v) is 26.0. The van der Waals surface area contributed by atoms with E-state index in [0.29, 0.717) is 28.9 Å². The number of benzene rings is 4. The number of nitrogens with two attached hydrogens (primary N) is 2. The Labute approximate surface area is 268 Å². The number of primary sulfonamides is 1. The Morgan fingerprint density at radius 2 is 1.57 bits per heavy atom. The number of nitrogens with one attached hydrogen (secondary N) is 1. The lowest BCUT2D eigenvalue weighted by atomic mass is 9.68. The Morgan fingerprint density at radius 1 is 0.891 bits per heavy atom. The maximum atomic E-state index is 12.4. The molecule has 4 aromatic rings. The number of amides is 2. The lowest BCUT2D eigenvalue weighted by molar-refractivity contribution is 0.133. The number of para-hydroxylation sites is 1. The van der Waals surface area contributed by atoms with Crippen molar-refractivity contribution in [1.82, 2.24) is 5.32 Å². The zero-order valence-electron chi connectivity index (χ0n) is 25.1. The highest BCUT2D eigenvalue weighted by Crippen LogP contribution is 2.43. The van der Waals surface area contributed by atoms with Gasteiger partial charge in [0.15, 0.2) is 0 Å². The minimum Gasteiger partial charge on any atom is -0.465 e. The summed E-state index contributed by atoms with van der Waals surface area (Å²) in [7, 11) is -3.97. The third-order valence-electron chi connectivity index (χ3n) is 8.40. The molecule has 0 heterocycles. The fourth-order valence-electron chi connectivity index (χ4n) is 6.32. The molecule has 0 spiro atoms. The number of ether oxygens (including phenoxy) is 1. The first kappa shape index (κ1) is 32.4. The number of carbonyl (C=O) groups is 2. The molecule has 1 aliphatic carbocycles. The second-order valence-electron chi connectivity index (χ2n) is 11.4. The second kappa shape index (κ2) is 14.0. The van der Waals surface area contributed by atoms with E-state index in [2.05, 4.69) is 10.3 Å². The molecule has 5 rings (SSSR count). The van der Waals surface area contributed by atoms with Crippen LogP contribution in [0.1, 0.15) is 48.8 Å². The van der Waals surface area contributed by atoms with Crippen LogP contribution in [0.5, 0.6) is 5.75 Å². The molecule has 1 unspecified atom stereocenters. The first-order valence-corrected chi connectivity index (χ1v) is 16.5. The normalized spacial score (nSPS) is 15.5. The van der Waals surface area contributed by atoms with Crippen molar-refractivity contribution in [1.29, 1.82) is 0 Å². The molecule has 11 heteroatoms. The van der Waals surface area contributed by atoms with Gasteiger partial charge in [0, 0.05) is 17.5 Å². The molecule has 0 radical (unpaired) electrons. The third kappa shape index (κ3) is 7.61. The summed E-state index contributed by atoms with van der Waals surface area (Å²) >= 11 is 0. The van der Waals surface area contributed by atoms with Crippen molar-refractivity contribution >= 4 is 28.0 Å². The molecule has 6 N–H and O–H groups in total. The average Bonchev–Trinajstić information content (AvgIpc) is 3.05. The maximum Gasteiger partial charge on any atom is 0.441 e. The SMILES string of the molecule is NC(=NC(=O)Oc1ccccc1)c1cccc(CC(NC(=O)O)(c2ccc(-c3ccccc3S(N)(=O)=O)cc2)C2CCCCC2)c1. The van der Waals surface area contributed by atoms with Crippen LogP contribution in [0.15, 0.2) is 113 Å². The van der Waals surface area contributed by atoms with E-state index >= 15 is 0 Å². The number of hydrogen-bond donors (Lipinski definition) is 4. The van der Waals surface area contributed by atoms with E-state index in [1.165, 1.54) is 6.07 Å². The number of carbonyl (C=O) groups excluding carboxylic acids is 1. The Morgan fingerprint density at radius 3 is 2.24 bits per heavy atom. The minimum atomic E-state index is -3.97. The van der Waals surface area contributed by atoms with Crippen molar-refractivity contribution in [2.75, 3.05) is 0 Å². The van der Waals surface area contributed by atoms with Gasteiger partial charge in [-0.2, -0.15) is 4.99 Å². The number of nitrogens with zero attached hydrogens (tertiary/aromatic N) is 1. The molecular weight excluding hydrogens is 604 g/mol. The number of sulfonamides is 1. The Kier molecular flexibility index (Phi) is 9.84. The molecule has 0 bridgehead atoms. The van der Waals surface area contributed by atoms with E-state index in [9.17, 15) is 23.1 Å². The van der Waals surface area contributed by atoms with E-state index in [4.69, 9.17) is 15.6 Å². The number of carboxylic acid groups (broad SMARTS) is 1. The van der Waals surface area contributed by atoms with Crippen LogP contribution in [0.2, 0.25) is 0 Å². The Balaban J connectivity index is 1.51. The van der Waals surface area contributed by atoms with E-state index in [1.807, 2.05) is 18.2 Å². The van der Waals surface area contributed by atoms with Crippen molar-refractivity contribution < 1.29 is 27.9 Å². The van der Waals surface area contributed by atoms with E-state index in [-0.39, 0.29) is 16.6 Å². The summed E-state index contributed by atoms with van der Waals surface area (Å²) < 4.78 is 29.8. The molecule has 46 heavy (non-hydrogen) atoms. The molecule has 4 aromatic carbocycles. The molecule has 0 aromatic heterocycles. The van der Waals surface area contributed by atoms with E-state index in [0.717, 1.165) is 43.2 Å². The van der Waals surface area contributed by atoms with Crippen molar-refractivity contribution in [3.8, 4) is 16.9 Å². The smallest absolute Gasteiger partial charge is 0.441 e. The summed E-state index contributed by atoms with van der Waals surface area (Å²) in [6.07, 6.45) is 2.94. The fraction of sp³-hybridized carbons (Fsp3) is 0.229. The van der Waals surface area contributed by atoms with Crippen LogP contribution in [-0.2, 0) is 22.0 Å². The van der Waals surface area contributed by atoms with Crippen LogP contribution >= 0.6 is 0 Å². The van der Waals surface area contributed by atoms with Gasteiger partial charge in [-0.05, 0) is 59.7 Å². The quantitative estimate of drug-likeness (QED) is 0.125. The molecular formula is C35H36N4O6S. The summed E-state index contributed by atoms with van der Waals surface area (Å²) in [4.78, 5) is 28.8. The first-order valence-electron chi connectivity index (χ1n) is 15.0. The number of aliphatic imine (C=N–C) groups is 1. The first-order chi connectivity index (χ1) is 22.0. The van der Waals surface area contributed by atoms with Gasteiger partial charge in [-0.1, -0.05) is 98.1 Å². The van der Waals surface area contributed by atoms with Gasteiger partial charge in [-0.15, -0.1) is 0 Å². The van der Waals surface area contributed by atoms with Gasteiger partial charge in [-0.3, -0.25) is 0 Å². The summed E-state index contributed by atoms with van der Waals surface area (Å²) in [5, 5.41) is 18.5. The van der Waals surface area contributed by atoms with Crippen molar-refractivity contribution in [2.24, 2.45) is 21.8 Å². The fourth-order valence-corrected chi connectivity index (χ4v) is 7.09. The maximum absolute atomic E-state index is 12.4. The van der Waals surface area contributed by atoms with Crippen LogP contribution in [0.4, 0.5) is 9.59 Å². The average molecular weight is 641 g/mol. The van der Waals surface area contributed by atoms with Crippen LogP contribution in [0.25, 0.3) is 11.1 Å². The van der Waals surface area contributed by atoms with Crippen LogP contribution in [-0.4, -0.2) is 31.5 Å². The molecule has 2 amide bonds. The summed E-state index contributed by atoms with van der Waals surface area (Å²) in [5.41, 5.74) is 8.32. The van der Waals surface area contributed by atoms with Crippen LogP contribution in [0.3, 0.4) is 0 Å².